The second-order valence-corrected chi connectivity index (χ2v) is 7.10. The highest BCUT2D eigenvalue weighted by Gasteiger charge is 2.27. The lowest BCUT2D eigenvalue weighted by Gasteiger charge is -2.37. The molecule has 5 heteroatoms. The van der Waals surface area contributed by atoms with Crippen molar-refractivity contribution in [2.24, 2.45) is 5.92 Å². The first-order valence-electron chi connectivity index (χ1n) is 7.78. The van der Waals surface area contributed by atoms with Crippen LogP contribution in [-0.4, -0.2) is 60.0 Å². The number of carbonyl (C=O) groups excluding carboxylic acids is 2. The number of amides is 1. The minimum absolute atomic E-state index is 0.119. The summed E-state index contributed by atoms with van der Waals surface area (Å²) in [4.78, 5) is 27.5. The molecule has 1 rings (SSSR count). The molecule has 1 fully saturated rings. The Morgan fingerprint density at radius 1 is 1.29 bits per heavy atom. The van der Waals surface area contributed by atoms with Crippen LogP contribution in [0, 0.1) is 5.92 Å². The van der Waals surface area contributed by atoms with Gasteiger partial charge in [-0.3, -0.25) is 9.59 Å². The number of hydrogen-bond acceptors (Lipinski definition) is 4. The summed E-state index contributed by atoms with van der Waals surface area (Å²) in [7, 11) is 1.87. The van der Waals surface area contributed by atoms with Crippen molar-refractivity contribution in [3.05, 3.63) is 0 Å². The standard InChI is InChI=1S/C16H30N2O3/c1-12(15(20)21-16(3,4)5)11-18-9-7-14(8-10-18)17(6)13(2)19/h12,14H,7-11H2,1-6H3. The third-order valence-electron chi connectivity index (χ3n) is 3.94. The van der Waals surface area contributed by atoms with Crippen molar-refractivity contribution in [3.63, 3.8) is 0 Å². The molecule has 0 aromatic rings. The maximum Gasteiger partial charge on any atom is 0.310 e. The lowest BCUT2D eigenvalue weighted by molar-refractivity contribution is -0.160. The molecule has 1 amide bonds. The highest BCUT2D eigenvalue weighted by molar-refractivity contribution is 5.73. The molecular weight excluding hydrogens is 268 g/mol. The zero-order valence-electron chi connectivity index (χ0n) is 14.3. The van der Waals surface area contributed by atoms with E-state index in [4.69, 9.17) is 4.74 Å². The Morgan fingerprint density at radius 2 is 1.81 bits per heavy atom. The molecule has 1 heterocycles. The first-order valence-corrected chi connectivity index (χ1v) is 7.78. The largest absolute Gasteiger partial charge is 0.460 e. The van der Waals surface area contributed by atoms with Crippen LogP contribution in [0.4, 0.5) is 0 Å². The molecule has 1 atom stereocenters. The fourth-order valence-electron chi connectivity index (χ4n) is 2.61. The molecule has 0 N–H and O–H groups in total. The molecule has 0 radical (unpaired) electrons. The van der Waals surface area contributed by atoms with E-state index in [-0.39, 0.29) is 17.8 Å². The monoisotopic (exact) mass is 298 g/mol. The molecule has 0 aromatic heterocycles. The van der Waals surface area contributed by atoms with E-state index in [9.17, 15) is 9.59 Å². The van der Waals surface area contributed by atoms with Crippen molar-refractivity contribution in [1.82, 2.24) is 9.80 Å². The summed E-state index contributed by atoms with van der Waals surface area (Å²) in [6.45, 7) is 11.8. The molecule has 0 spiro atoms. The zero-order valence-corrected chi connectivity index (χ0v) is 14.3. The molecule has 0 aliphatic carbocycles. The molecule has 0 aromatic carbocycles. The van der Waals surface area contributed by atoms with Gasteiger partial charge in [-0.15, -0.1) is 0 Å². The van der Waals surface area contributed by atoms with Crippen LogP contribution < -0.4 is 0 Å². The predicted octanol–water partition coefficient (Wildman–Crippen LogP) is 1.91. The van der Waals surface area contributed by atoms with Crippen LogP contribution in [0.5, 0.6) is 0 Å². The fourth-order valence-corrected chi connectivity index (χ4v) is 2.61. The van der Waals surface area contributed by atoms with Crippen molar-refractivity contribution in [2.45, 2.75) is 59.1 Å². The number of nitrogens with zero attached hydrogens (tertiary/aromatic N) is 2. The van der Waals surface area contributed by atoms with Crippen LogP contribution in [0.2, 0.25) is 0 Å². The summed E-state index contributed by atoms with van der Waals surface area (Å²) in [5.74, 6) is -0.132. The predicted molar refractivity (Wildman–Crippen MR) is 82.9 cm³/mol. The van der Waals surface area contributed by atoms with E-state index in [1.54, 1.807) is 6.92 Å². The Morgan fingerprint density at radius 3 is 2.24 bits per heavy atom. The summed E-state index contributed by atoms with van der Waals surface area (Å²) in [6, 6.07) is 0.329. The summed E-state index contributed by atoms with van der Waals surface area (Å²) < 4.78 is 5.41. The summed E-state index contributed by atoms with van der Waals surface area (Å²) in [5, 5.41) is 0. The van der Waals surface area contributed by atoms with Gasteiger partial charge in [0.15, 0.2) is 0 Å². The van der Waals surface area contributed by atoms with Crippen LogP contribution >= 0.6 is 0 Å². The van der Waals surface area contributed by atoms with Crippen LogP contribution in [0.3, 0.4) is 0 Å². The Balaban J connectivity index is 2.38. The van der Waals surface area contributed by atoms with Crippen LogP contribution in [0.15, 0.2) is 0 Å². The van der Waals surface area contributed by atoms with E-state index >= 15 is 0 Å². The van der Waals surface area contributed by atoms with Gasteiger partial charge in [-0.25, -0.2) is 0 Å². The maximum absolute atomic E-state index is 12.0. The molecular formula is C16H30N2O3. The van der Waals surface area contributed by atoms with Gasteiger partial charge >= 0.3 is 5.97 Å². The van der Waals surface area contributed by atoms with Crippen molar-refractivity contribution in [2.75, 3.05) is 26.7 Å². The van der Waals surface area contributed by atoms with Gasteiger partial charge in [0.05, 0.1) is 5.92 Å². The smallest absolute Gasteiger partial charge is 0.310 e. The molecule has 0 bridgehead atoms. The second-order valence-electron chi connectivity index (χ2n) is 7.10. The number of esters is 1. The van der Waals surface area contributed by atoms with E-state index in [0.717, 1.165) is 32.5 Å². The van der Waals surface area contributed by atoms with E-state index in [1.165, 1.54) is 0 Å². The van der Waals surface area contributed by atoms with Gasteiger partial charge in [0.1, 0.15) is 5.60 Å². The average Bonchev–Trinajstić information content (AvgIpc) is 2.36. The van der Waals surface area contributed by atoms with Gasteiger partial charge in [0.2, 0.25) is 5.91 Å². The Hall–Kier alpha value is -1.10. The molecule has 122 valence electrons. The Kier molecular flexibility index (Phi) is 6.20. The number of piperidine rings is 1. The third-order valence-corrected chi connectivity index (χ3v) is 3.94. The van der Waals surface area contributed by atoms with Crippen molar-refractivity contribution in [1.29, 1.82) is 0 Å². The summed E-state index contributed by atoms with van der Waals surface area (Å²) >= 11 is 0. The highest BCUT2D eigenvalue weighted by Crippen LogP contribution is 2.18. The molecule has 21 heavy (non-hydrogen) atoms. The number of likely N-dealkylation sites (tertiary alicyclic amines) is 1. The van der Waals surface area contributed by atoms with Gasteiger partial charge in [0.25, 0.3) is 0 Å². The summed E-state index contributed by atoms with van der Waals surface area (Å²) in [6.07, 6.45) is 1.94. The van der Waals surface area contributed by atoms with E-state index < -0.39 is 5.60 Å². The first kappa shape index (κ1) is 18.0. The van der Waals surface area contributed by atoms with Gasteiger partial charge in [-0.2, -0.15) is 0 Å². The van der Waals surface area contributed by atoms with Crippen molar-refractivity contribution >= 4 is 11.9 Å². The average molecular weight is 298 g/mol. The Labute approximate surface area is 128 Å². The summed E-state index contributed by atoms with van der Waals surface area (Å²) in [5.41, 5.74) is -0.428. The molecule has 5 nitrogen and oxygen atoms in total. The van der Waals surface area contributed by atoms with Crippen molar-refractivity contribution < 1.29 is 14.3 Å². The van der Waals surface area contributed by atoms with E-state index in [1.807, 2.05) is 39.6 Å². The van der Waals surface area contributed by atoms with Crippen molar-refractivity contribution in [3.8, 4) is 0 Å². The van der Waals surface area contributed by atoms with Crippen LogP contribution in [0.1, 0.15) is 47.5 Å². The van der Waals surface area contributed by atoms with E-state index in [0.29, 0.717) is 6.04 Å². The number of ether oxygens (including phenoxy) is 1. The zero-order chi connectivity index (χ0) is 16.2. The molecule has 0 saturated carbocycles. The Bertz CT molecular complexity index is 368. The first-order chi connectivity index (χ1) is 9.60. The van der Waals surface area contributed by atoms with Crippen LogP contribution in [-0.2, 0) is 14.3 Å². The second kappa shape index (κ2) is 7.25. The molecule has 1 aliphatic rings. The van der Waals surface area contributed by atoms with E-state index in [2.05, 4.69) is 4.90 Å². The lowest BCUT2D eigenvalue weighted by Crippen LogP contribution is -2.46. The van der Waals surface area contributed by atoms with Gasteiger partial charge in [-0.05, 0) is 33.6 Å². The molecule has 1 aliphatic heterocycles. The SMILES string of the molecule is CC(=O)N(C)C1CCN(CC(C)C(=O)OC(C)(C)C)CC1. The quantitative estimate of drug-likeness (QED) is 0.744. The molecule has 1 saturated heterocycles. The fraction of sp³-hybridized carbons (Fsp3) is 0.875. The third kappa shape index (κ3) is 6.04. The minimum atomic E-state index is -0.428. The topological polar surface area (TPSA) is 49.9 Å². The number of rotatable bonds is 4. The normalized spacial score (nSPS) is 19.1. The number of hydrogen-bond donors (Lipinski definition) is 0. The van der Waals surface area contributed by atoms with Gasteiger partial charge in [0, 0.05) is 39.6 Å². The van der Waals surface area contributed by atoms with Gasteiger partial charge < -0.3 is 14.5 Å². The lowest BCUT2D eigenvalue weighted by atomic mass is 10.0. The molecule has 1 unspecified atom stereocenters. The minimum Gasteiger partial charge on any atom is -0.460 e. The highest BCUT2D eigenvalue weighted by atomic mass is 16.6. The van der Waals surface area contributed by atoms with Gasteiger partial charge in [-0.1, -0.05) is 6.92 Å². The maximum atomic E-state index is 12.0. The van der Waals surface area contributed by atoms with Crippen LogP contribution in [0.25, 0.3) is 0 Å². The number of carbonyl (C=O) groups is 2.